The topological polar surface area (TPSA) is 0 Å². The van der Waals surface area contributed by atoms with Crippen LogP contribution in [0.3, 0.4) is 0 Å². The quantitative estimate of drug-likeness (QED) is 0.310. The van der Waals surface area contributed by atoms with Gasteiger partial charge in [-0.2, -0.15) is 8.78 Å². The molecule has 0 saturated carbocycles. The zero-order valence-corrected chi connectivity index (χ0v) is 17.5. The third kappa shape index (κ3) is 3.10. The highest BCUT2D eigenvalue weighted by Crippen LogP contribution is 2.45. The number of benzene rings is 4. The second-order valence-corrected chi connectivity index (χ2v) is 8.79. The first-order chi connectivity index (χ1) is 15.7. The number of hydrogen-bond donors (Lipinski definition) is 0. The Morgan fingerprint density at radius 3 is 1.94 bits per heavy atom. The third-order valence-electron chi connectivity index (χ3n) is 7.02. The molecule has 6 rings (SSSR count). The molecule has 0 fully saturated rings. The van der Waals surface area contributed by atoms with Crippen LogP contribution >= 0.6 is 0 Å². The van der Waals surface area contributed by atoms with E-state index in [0.717, 1.165) is 16.5 Å². The Hall–Kier alpha value is -3.52. The molecule has 0 radical (unpaired) electrons. The molecule has 0 nitrogen and oxygen atoms in total. The lowest BCUT2D eigenvalue weighted by molar-refractivity contribution is 0.396. The Labute approximate surface area is 186 Å². The van der Waals surface area contributed by atoms with Crippen LogP contribution in [0.4, 0.5) is 8.78 Å². The Kier molecular flexibility index (Phi) is 4.53. The van der Waals surface area contributed by atoms with Crippen molar-refractivity contribution >= 4 is 33.7 Å². The fraction of sp³-hybridized carbons (Fsp3) is 0.133. The summed E-state index contributed by atoms with van der Waals surface area (Å²) in [4.78, 5) is 0. The van der Waals surface area contributed by atoms with Crippen molar-refractivity contribution in [1.82, 2.24) is 0 Å². The van der Waals surface area contributed by atoms with Gasteiger partial charge in [-0.15, -0.1) is 0 Å². The normalized spacial score (nSPS) is 19.3. The van der Waals surface area contributed by atoms with Crippen molar-refractivity contribution in [3.63, 3.8) is 0 Å². The smallest absolute Gasteiger partial charge is 0.174 e. The first-order valence-corrected chi connectivity index (χ1v) is 11.1. The molecule has 0 bridgehead atoms. The van der Waals surface area contributed by atoms with Crippen molar-refractivity contribution in [3.8, 4) is 0 Å². The van der Waals surface area contributed by atoms with Gasteiger partial charge in [-0.25, -0.2) is 0 Å². The van der Waals surface area contributed by atoms with Crippen LogP contribution in [-0.4, -0.2) is 0 Å². The summed E-state index contributed by atoms with van der Waals surface area (Å²) in [6.45, 7) is 0. The maximum atomic E-state index is 13.7. The molecule has 3 unspecified atom stereocenters. The Bertz CT molecular complexity index is 1430. The largest absolute Gasteiger partial charge is 0.266 e. The lowest BCUT2D eigenvalue weighted by Gasteiger charge is -2.30. The molecule has 2 heteroatoms. The number of halogens is 2. The molecule has 0 heterocycles. The Morgan fingerprint density at radius 1 is 0.719 bits per heavy atom. The van der Waals surface area contributed by atoms with Gasteiger partial charge in [-0.3, -0.25) is 0 Å². The Morgan fingerprint density at radius 2 is 1.28 bits per heavy atom. The number of hydrogen-bond acceptors (Lipinski definition) is 0. The number of allylic oxidation sites excluding steroid dienone is 3. The molecule has 2 aliphatic rings. The van der Waals surface area contributed by atoms with Crippen molar-refractivity contribution < 1.29 is 8.78 Å². The average molecular weight is 421 g/mol. The first-order valence-electron chi connectivity index (χ1n) is 11.1. The van der Waals surface area contributed by atoms with E-state index >= 15 is 0 Å². The molecule has 3 atom stereocenters. The molecule has 4 aromatic carbocycles. The van der Waals surface area contributed by atoms with Gasteiger partial charge in [0.05, 0.1) is 0 Å². The summed E-state index contributed by atoms with van der Waals surface area (Å²) in [5.74, 6) is -0.288. The number of rotatable bonds is 4. The summed E-state index contributed by atoms with van der Waals surface area (Å²) in [6.07, 6.45) is 8.76. The summed E-state index contributed by atoms with van der Waals surface area (Å²) < 4.78 is 27.3. The van der Waals surface area contributed by atoms with Gasteiger partial charge in [0.1, 0.15) is 0 Å². The minimum absolute atomic E-state index is 0.0835. The Balaban J connectivity index is 1.44. The van der Waals surface area contributed by atoms with Crippen LogP contribution in [-0.2, 0) is 0 Å². The maximum Gasteiger partial charge on any atom is 0.266 e. The van der Waals surface area contributed by atoms with E-state index in [-0.39, 0.29) is 17.8 Å². The second kappa shape index (κ2) is 7.56. The third-order valence-corrected chi connectivity index (χ3v) is 7.02. The fourth-order valence-electron chi connectivity index (χ4n) is 5.65. The lowest BCUT2D eigenvalue weighted by atomic mass is 9.73. The van der Waals surface area contributed by atoms with Gasteiger partial charge >= 0.3 is 0 Å². The molecule has 32 heavy (non-hydrogen) atoms. The molecule has 0 aliphatic heterocycles. The van der Waals surface area contributed by atoms with Gasteiger partial charge in [-0.05, 0) is 62.2 Å². The first kappa shape index (κ1) is 19.2. The summed E-state index contributed by atoms with van der Waals surface area (Å²) in [6, 6.07) is 25.2. The van der Waals surface area contributed by atoms with Gasteiger partial charge in [0.15, 0.2) is 0 Å². The van der Waals surface area contributed by atoms with Gasteiger partial charge < -0.3 is 0 Å². The minimum atomic E-state index is -1.60. The molecule has 0 amide bonds. The molecular weight excluding hydrogens is 398 g/mol. The highest BCUT2D eigenvalue weighted by atomic mass is 19.3. The van der Waals surface area contributed by atoms with Crippen LogP contribution in [0.2, 0.25) is 0 Å². The highest BCUT2D eigenvalue weighted by Gasteiger charge is 2.29. The standard InChI is InChI=1S/C30H22F2/c31-28(32)18-24(25-16-15-22-8-2-6-20-10-4-12-27(25)30(20)22)17-23-14-13-21-7-1-5-19-9-3-11-26(23)29(19)21/h1-16,18,23-25H,17H2. The predicted molar refractivity (Wildman–Crippen MR) is 130 cm³/mol. The van der Waals surface area contributed by atoms with Gasteiger partial charge in [0.2, 0.25) is 0 Å². The minimum Gasteiger partial charge on any atom is -0.174 e. The van der Waals surface area contributed by atoms with Crippen molar-refractivity contribution in [3.05, 3.63) is 119 Å². The summed E-state index contributed by atoms with van der Waals surface area (Å²) in [5.41, 5.74) is 4.74. The maximum absolute atomic E-state index is 13.7. The van der Waals surface area contributed by atoms with Gasteiger partial charge in [0, 0.05) is 11.8 Å². The monoisotopic (exact) mass is 420 g/mol. The van der Waals surface area contributed by atoms with Crippen LogP contribution in [0.5, 0.6) is 0 Å². The molecule has 2 aliphatic carbocycles. The van der Waals surface area contributed by atoms with Crippen molar-refractivity contribution in [2.45, 2.75) is 18.3 Å². The molecule has 0 N–H and O–H groups in total. The van der Waals surface area contributed by atoms with E-state index in [1.807, 2.05) is 6.07 Å². The average Bonchev–Trinajstić information content (AvgIpc) is 2.81. The summed E-state index contributed by atoms with van der Waals surface area (Å²) in [7, 11) is 0. The highest BCUT2D eigenvalue weighted by molar-refractivity contribution is 5.96. The zero-order chi connectivity index (χ0) is 21.7. The van der Waals surface area contributed by atoms with E-state index in [2.05, 4.69) is 91.0 Å². The van der Waals surface area contributed by atoms with Crippen molar-refractivity contribution in [2.24, 2.45) is 5.92 Å². The van der Waals surface area contributed by atoms with E-state index < -0.39 is 6.08 Å². The molecule has 0 spiro atoms. The van der Waals surface area contributed by atoms with E-state index in [1.54, 1.807) is 0 Å². The van der Waals surface area contributed by atoms with E-state index in [9.17, 15) is 8.78 Å². The summed E-state index contributed by atoms with van der Waals surface area (Å²) >= 11 is 0. The summed E-state index contributed by atoms with van der Waals surface area (Å²) in [5, 5.41) is 4.80. The zero-order valence-electron chi connectivity index (χ0n) is 17.5. The fourth-order valence-corrected chi connectivity index (χ4v) is 5.65. The van der Waals surface area contributed by atoms with E-state index in [0.29, 0.717) is 6.42 Å². The molecular formula is C30H22F2. The molecule has 156 valence electrons. The predicted octanol–water partition coefficient (Wildman–Crippen LogP) is 8.70. The van der Waals surface area contributed by atoms with Crippen LogP contribution in [0.15, 0.2) is 97.1 Å². The van der Waals surface area contributed by atoms with Crippen LogP contribution in [0, 0.1) is 5.92 Å². The molecule has 4 aromatic rings. The molecule has 0 aromatic heterocycles. The van der Waals surface area contributed by atoms with Crippen molar-refractivity contribution in [1.29, 1.82) is 0 Å². The van der Waals surface area contributed by atoms with Gasteiger partial charge in [-0.1, -0.05) is 97.1 Å². The van der Waals surface area contributed by atoms with E-state index in [1.165, 1.54) is 33.4 Å². The van der Waals surface area contributed by atoms with Crippen molar-refractivity contribution in [2.75, 3.05) is 0 Å². The van der Waals surface area contributed by atoms with Crippen LogP contribution in [0.1, 0.15) is 40.5 Å². The van der Waals surface area contributed by atoms with Crippen LogP contribution < -0.4 is 0 Å². The van der Waals surface area contributed by atoms with Gasteiger partial charge in [0.25, 0.3) is 6.08 Å². The molecule has 0 saturated heterocycles. The SMILES string of the molecule is FC(F)=CC(CC1C=Cc2cccc3cccc1c23)C1C=Cc2cccc3cccc1c23. The second-order valence-electron chi connectivity index (χ2n) is 8.79. The lowest BCUT2D eigenvalue weighted by Crippen LogP contribution is -2.16. The van der Waals surface area contributed by atoms with E-state index in [4.69, 9.17) is 0 Å². The van der Waals surface area contributed by atoms with Crippen LogP contribution in [0.25, 0.3) is 33.7 Å².